The molecule has 1 heterocycles. The molecule has 1 aromatic heterocycles. The van der Waals surface area contributed by atoms with Gasteiger partial charge in [0.25, 0.3) is 0 Å². The smallest absolute Gasteiger partial charge is 0.120 e. The van der Waals surface area contributed by atoms with E-state index in [-0.39, 0.29) is 0 Å². The molecule has 3 nitrogen and oxygen atoms in total. The van der Waals surface area contributed by atoms with Crippen molar-refractivity contribution in [1.29, 1.82) is 0 Å². The largest absolute Gasteiger partial charge is 0.494 e. The Balaban J connectivity index is 2.51. The average Bonchev–Trinajstić information content (AvgIpc) is 2.57. The van der Waals surface area contributed by atoms with Gasteiger partial charge in [-0.25, -0.2) is 0 Å². The fourth-order valence-electron chi connectivity index (χ4n) is 2.04. The maximum absolute atomic E-state index is 5.53. The predicted octanol–water partition coefficient (Wildman–Crippen LogP) is 2.30. The van der Waals surface area contributed by atoms with Crippen LogP contribution < -0.4 is 10.1 Å². The topological polar surface area (TPSA) is 26.2 Å². The van der Waals surface area contributed by atoms with E-state index in [0.29, 0.717) is 6.61 Å². The Morgan fingerprint density at radius 1 is 1.38 bits per heavy atom. The van der Waals surface area contributed by atoms with Gasteiger partial charge in [-0.3, -0.25) is 0 Å². The number of hydrogen-bond donors (Lipinski definition) is 1. The molecule has 0 radical (unpaired) electrons. The van der Waals surface area contributed by atoms with E-state index < -0.39 is 0 Å². The number of nitrogens with one attached hydrogen (secondary N) is 1. The van der Waals surface area contributed by atoms with Gasteiger partial charge in [0, 0.05) is 30.7 Å². The molecule has 0 aliphatic heterocycles. The summed E-state index contributed by atoms with van der Waals surface area (Å²) in [6, 6.07) is 6.25. The lowest BCUT2D eigenvalue weighted by Gasteiger charge is -2.04. The van der Waals surface area contributed by atoms with E-state index in [1.165, 1.54) is 16.5 Å². The normalized spacial score (nSPS) is 10.9. The second-order valence-corrected chi connectivity index (χ2v) is 3.91. The molecular weight excluding hydrogens is 200 g/mol. The summed E-state index contributed by atoms with van der Waals surface area (Å²) in [5.74, 6) is 0.943. The third-order valence-corrected chi connectivity index (χ3v) is 2.72. The molecular formula is C13H18N2O. The Labute approximate surface area is 96.0 Å². The summed E-state index contributed by atoms with van der Waals surface area (Å²) in [7, 11) is 4.03. The number of aryl methyl sites for hydroxylation is 1. The van der Waals surface area contributed by atoms with Crippen LogP contribution in [0.15, 0.2) is 24.4 Å². The summed E-state index contributed by atoms with van der Waals surface area (Å²) in [6.07, 6.45) is 2.16. The Hall–Kier alpha value is -1.48. The molecule has 0 saturated carbocycles. The van der Waals surface area contributed by atoms with Crippen LogP contribution in [0.2, 0.25) is 0 Å². The van der Waals surface area contributed by atoms with Crippen LogP contribution in [0.1, 0.15) is 12.5 Å². The Morgan fingerprint density at radius 2 is 2.19 bits per heavy atom. The fraction of sp³-hybridized carbons (Fsp3) is 0.385. The van der Waals surface area contributed by atoms with Crippen LogP contribution >= 0.6 is 0 Å². The highest BCUT2D eigenvalue weighted by Gasteiger charge is 2.06. The van der Waals surface area contributed by atoms with Crippen molar-refractivity contribution >= 4 is 10.9 Å². The quantitative estimate of drug-likeness (QED) is 0.852. The summed E-state index contributed by atoms with van der Waals surface area (Å²) in [5, 5.41) is 4.45. The molecule has 0 unspecified atom stereocenters. The van der Waals surface area contributed by atoms with Crippen LogP contribution in [0.3, 0.4) is 0 Å². The maximum Gasteiger partial charge on any atom is 0.120 e. The molecule has 2 aromatic rings. The number of benzene rings is 1. The molecule has 0 fully saturated rings. The third-order valence-electron chi connectivity index (χ3n) is 2.72. The van der Waals surface area contributed by atoms with Gasteiger partial charge in [-0.1, -0.05) is 0 Å². The molecule has 0 atom stereocenters. The lowest BCUT2D eigenvalue weighted by atomic mass is 10.1. The van der Waals surface area contributed by atoms with Crippen LogP contribution in [-0.4, -0.2) is 18.2 Å². The Kier molecular flexibility index (Phi) is 3.15. The van der Waals surface area contributed by atoms with E-state index in [1.807, 2.05) is 20.0 Å². The van der Waals surface area contributed by atoms with Crippen molar-refractivity contribution in [2.24, 2.45) is 7.05 Å². The van der Waals surface area contributed by atoms with Gasteiger partial charge < -0.3 is 14.6 Å². The van der Waals surface area contributed by atoms with E-state index >= 15 is 0 Å². The molecule has 0 saturated heterocycles. The van der Waals surface area contributed by atoms with Crippen molar-refractivity contribution < 1.29 is 4.74 Å². The lowest BCUT2D eigenvalue weighted by molar-refractivity contribution is 0.340. The van der Waals surface area contributed by atoms with Gasteiger partial charge in [-0.05, 0) is 37.7 Å². The minimum atomic E-state index is 0.708. The molecule has 0 spiro atoms. The van der Waals surface area contributed by atoms with Crippen LogP contribution in [0.4, 0.5) is 0 Å². The van der Waals surface area contributed by atoms with Gasteiger partial charge in [0.15, 0.2) is 0 Å². The maximum atomic E-state index is 5.53. The molecule has 1 N–H and O–H groups in total. The number of ether oxygens (including phenoxy) is 1. The highest BCUT2D eigenvalue weighted by molar-refractivity contribution is 5.85. The highest BCUT2D eigenvalue weighted by atomic mass is 16.5. The highest BCUT2D eigenvalue weighted by Crippen LogP contribution is 2.25. The van der Waals surface area contributed by atoms with Crippen LogP contribution in [-0.2, 0) is 13.6 Å². The summed E-state index contributed by atoms with van der Waals surface area (Å²) >= 11 is 0. The van der Waals surface area contributed by atoms with E-state index in [9.17, 15) is 0 Å². The minimum absolute atomic E-state index is 0.708. The zero-order valence-corrected chi connectivity index (χ0v) is 10.1. The molecule has 0 aliphatic rings. The zero-order chi connectivity index (χ0) is 11.5. The standard InChI is InChI=1S/C13H18N2O/c1-4-16-11-5-6-13-12(7-11)10(8-14-2)9-15(13)3/h5-7,9,14H,4,8H2,1-3H3. The van der Waals surface area contributed by atoms with E-state index in [0.717, 1.165) is 12.3 Å². The SMILES string of the molecule is CCOc1ccc2c(c1)c(CNC)cn2C. The second kappa shape index (κ2) is 4.58. The van der Waals surface area contributed by atoms with E-state index in [2.05, 4.69) is 35.3 Å². The number of rotatable bonds is 4. The fourth-order valence-corrected chi connectivity index (χ4v) is 2.04. The number of aromatic nitrogens is 1. The van der Waals surface area contributed by atoms with Crippen molar-refractivity contribution in [3.63, 3.8) is 0 Å². The average molecular weight is 218 g/mol. The molecule has 2 rings (SSSR count). The van der Waals surface area contributed by atoms with Crippen molar-refractivity contribution in [2.75, 3.05) is 13.7 Å². The van der Waals surface area contributed by atoms with Crippen LogP contribution in [0.25, 0.3) is 10.9 Å². The summed E-state index contributed by atoms with van der Waals surface area (Å²) in [4.78, 5) is 0. The van der Waals surface area contributed by atoms with Gasteiger partial charge >= 0.3 is 0 Å². The van der Waals surface area contributed by atoms with Gasteiger partial charge in [0.1, 0.15) is 5.75 Å². The number of fused-ring (bicyclic) bond motifs is 1. The first kappa shape index (κ1) is 11.0. The van der Waals surface area contributed by atoms with Gasteiger partial charge in [0.05, 0.1) is 6.61 Å². The minimum Gasteiger partial charge on any atom is -0.494 e. The molecule has 86 valence electrons. The zero-order valence-electron chi connectivity index (χ0n) is 10.1. The number of nitrogens with zero attached hydrogens (tertiary/aromatic N) is 1. The third kappa shape index (κ3) is 1.91. The van der Waals surface area contributed by atoms with Crippen LogP contribution in [0, 0.1) is 0 Å². The molecule has 3 heteroatoms. The van der Waals surface area contributed by atoms with Gasteiger partial charge in [-0.2, -0.15) is 0 Å². The second-order valence-electron chi connectivity index (χ2n) is 3.91. The van der Waals surface area contributed by atoms with Crippen molar-refractivity contribution in [3.8, 4) is 5.75 Å². The summed E-state index contributed by atoms with van der Waals surface area (Å²) in [6.45, 7) is 3.59. The Morgan fingerprint density at radius 3 is 2.88 bits per heavy atom. The number of hydrogen-bond acceptors (Lipinski definition) is 2. The van der Waals surface area contributed by atoms with E-state index in [4.69, 9.17) is 4.74 Å². The van der Waals surface area contributed by atoms with Crippen LogP contribution in [0.5, 0.6) is 5.75 Å². The monoisotopic (exact) mass is 218 g/mol. The summed E-state index contributed by atoms with van der Waals surface area (Å²) < 4.78 is 7.68. The lowest BCUT2D eigenvalue weighted by Crippen LogP contribution is -2.04. The summed E-state index contributed by atoms with van der Waals surface area (Å²) in [5.41, 5.74) is 2.55. The van der Waals surface area contributed by atoms with Crippen molar-refractivity contribution in [3.05, 3.63) is 30.0 Å². The Bertz CT molecular complexity index is 488. The first-order valence-corrected chi connectivity index (χ1v) is 5.61. The molecule has 1 aromatic carbocycles. The van der Waals surface area contributed by atoms with Crippen molar-refractivity contribution in [1.82, 2.24) is 9.88 Å². The van der Waals surface area contributed by atoms with Gasteiger partial charge in [-0.15, -0.1) is 0 Å². The van der Waals surface area contributed by atoms with E-state index in [1.54, 1.807) is 0 Å². The first-order chi connectivity index (χ1) is 7.76. The van der Waals surface area contributed by atoms with Crippen molar-refractivity contribution in [2.45, 2.75) is 13.5 Å². The predicted molar refractivity (Wildman–Crippen MR) is 66.9 cm³/mol. The molecule has 0 aliphatic carbocycles. The first-order valence-electron chi connectivity index (χ1n) is 5.61. The molecule has 16 heavy (non-hydrogen) atoms. The van der Waals surface area contributed by atoms with Gasteiger partial charge in [0.2, 0.25) is 0 Å². The molecule has 0 amide bonds. The molecule has 0 bridgehead atoms.